The van der Waals surface area contributed by atoms with Gasteiger partial charge in [0.05, 0.1) is 11.1 Å². The SMILES string of the molecule is CN1C(=O)C2(CCN(Cc3ccccc3OCc3ccccn3)CC2)C[C@@H]1Cc1ccc(F)cc1. The molecule has 5 nitrogen and oxygen atoms in total. The highest BCUT2D eigenvalue weighted by Gasteiger charge is 2.51. The summed E-state index contributed by atoms with van der Waals surface area (Å²) in [5.74, 6) is 0.926. The van der Waals surface area contributed by atoms with Crippen LogP contribution in [-0.2, 0) is 24.4 Å². The number of amides is 1. The molecule has 3 aromatic rings. The Morgan fingerprint density at radius 3 is 2.51 bits per heavy atom. The molecule has 0 radical (unpaired) electrons. The summed E-state index contributed by atoms with van der Waals surface area (Å²) in [5.41, 5.74) is 2.86. The molecule has 1 spiro atoms. The Kier molecular flexibility index (Phi) is 6.82. The molecule has 2 aromatic carbocycles. The number of rotatable bonds is 7. The van der Waals surface area contributed by atoms with Crippen LogP contribution in [0.25, 0.3) is 0 Å². The summed E-state index contributed by atoms with van der Waals surface area (Å²) in [6.07, 6.45) is 5.16. The van der Waals surface area contributed by atoms with E-state index in [1.807, 2.05) is 60.5 Å². The molecule has 182 valence electrons. The molecule has 0 aliphatic carbocycles. The molecule has 35 heavy (non-hydrogen) atoms. The molecule has 1 atom stereocenters. The van der Waals surface area contributed by atoms with Crippen LogP contribution in [0.15, 0.2) is 72.9 Å². The van der Waals surface area contributed by atoms with E-state index < -0.39 is 0 Å². The lowest BCUT2D eigenvalue weighted by Gasteiger charge is -2.38. The fourth-order valence-corrected chi connectivity index (χ4v) is 5.53. The standard InChI is InChI=1S/C29H32FN3O2/c1-32-26(18-22-9-11-24(30)12-10-22)19-29(28(32)34)13-16-33(17-14-29)20-23-6-2-3-8-27(23)35-21-25-7-4-5-15-31-25/h2-12,15,26H,13-14,16-21H2,1H3/t26-/m0/s1. The maximum absolute atomic E-state index is 13.3. The number of likely N-dealkylation sites (N-methyl/N-ethyl adjacent to an activating group) is 1. The number of halogens is 1. The minimum absolute atomic E-state index is 0.167. The van der Waals surface area contributed by atoms with E-state index in [1.54, 1.807) is 6.20 Å². The summed E-state index contributed by atoms with van der Waals surface area (Å²) in [7, 11) is 1.92. The lowest BCUT2D eigenvalue weighted by molar-refractivity contribution is -0.137. The van der Waals surface area contributed by atoms with Gasteiger partial charge in [-0.1, -0.05) is 36.4 Å². The zero-order valence-corrected chi connectivity index (χ0v) is 20.2. The fraction of sp³-hybridized carbons (Fsp3) is 0.379. The van der Waals surface area contributed by atoms with Gasteiger partial charge in [0, 0.05) is 31.4 Å². The maximum Gasteiger partial charge on any atom is 0.228 e. The third kappa shape index (κ3) is 5.22. The maximum atomic E-state index is 13.3. The van der Waals surface area contributed by atoms with E-state index in [0.717, 1.165) is 67.9 Å². The van der Waals surface area contributed by atoms with Crippen molar-refractivity contribution in [2.75, 3.05) is 20.1 Å². The molecule has 2 aliphatic rings. The summed E-state index contributed by atoms with van der Waals surface area (Å²) in [4.78, 5) is 22.0. The molecule has 5 rings (SSSR count). The van der Waals surface area contributed by atoms with Gasteiger partial charge < -0.3 is 9.64 Å². The number of carbonyl (C=O) groups is 1. The Bertz CT molecular complexity index is 1140. The normalized spacial score (nSPS) is 19.9. The van der Waals surface area contributed by atoms with E-state index in [9.17, 15) is 9.18 Å². The molecule has 1 amide bonds. The minimum Gasteiger partial charge on any atom is -0.487 e. The van der Waals surface area contributed by atoms with Crippen molar-refractivity contribution in [1.29, 1.82) is 0 Å². The Hall–Kier alpha value is -3.25. The first-order valence-electron chi connectivity index (χ1n) is 12.4. The van der Waals surface area contributed by atoms with E-state index in [4.69, 9.17) is 4.74 Å². The average Bonchev–Trinajstić information content (AvgIpc) is 3.11. The smallest absolute Gasteiger partial charge is 0.228 e. The first-order valence-corrected chi connectivity index (χ1v) is 12.4. The summed E-state index contributed by atoms with van der Waals surface area (Å²) in [6, 6.07) is 20.8. The summed E-state index contributed by atoms with van der Waals surface area (Å²) in [5, 5.41) is 0. The largest absolute Gasteiger partial charge is 0.487 e. The summed E-state index contributed by atoms with van der Waals surface area (Å²) < 4.78 is 19.4. The molecule has 0 bridgehead atoms. The predicted molar refractivity (Wildman–Crippen MR) is 133 cm³/mol. The lowest BCUT2D eigenvalue weighted by Crippen LogP contribution is -2.43. The lowest BCUT2D eigenvalue weighted by atomic mass is 9.75. The molecule has 6 heteroatoms. The number of aromatic nitrogens is 1. The molecule has 3 heterocycles. The van der Waals surface area contributed by atoms with Crippen LogP contribution < -0.4 is 4.74 Å². The Morgan fingerprint density at radius 2 is 1.77 bits per heavy atom. The van der Waals surface area contributed by atoms with Crippen molar-refractivity contribution >= 4 is 5.91 Å². The monoisotopic (exact) mass is 473 g/mol. The van der Waals surface area contributed by atoms with Gasteiger partial charge in [0.15, 0.2) is 0 Å². The Balaban J connectivity index is 1.19. The molecular weight excluding hydrogens is 441 g/mol. The highest BCUT2D eigenvalue weighted by molar-refractivity contribution is 5.85. The van der Waals surface area contributed by atoms with Gasteiger partial charge in [-0.05, 0) is 74.7 Å². The van der Waals surface area contributed by atoms with Gasteiger partial charge in [-0.15, -0.1) is 0 Å². The molecule has 0 saturated carbocycles. The van der Waals surface area contributed by atoms with Crippen molar-refractivity contribution in [3.8, 4) is 5.75 Å². The van der Waals surface area contributed by atoms with Gasteiger partial charge in [-0.2, -0.15) is 0 Å². The van der Waals surface area contributed by atoms with Crippen molar-refractivity contribution in [1.82, 2.24) is 14.8 Å². The first kappa shape index (κ1) is 23.5. The van der Waals surface area contributed by atoms with Crippen LogP contribution in [0.4, 0.5) is 4.39 Å². The van der Waals surface area contributed by atoms with Crippen LogP contribution in [0.2, 0.25) is 0 Å². The van der Waals surface area contributed by atoms with E-state index in [-0.39, 0.29) is 23.2 Å². The highest BCUT2D eigenvalue weighted by Crippen LogP contribution is 2.45. The predicted octanol–water partition coefficient (Wildman–Crippen LogP) is 4.86. The van der Waals surface area contributed by atoms with Crippen LogP contribution in [-0.4, -0.2) is 46.9 Å². The third-order valence-electron chi connectivity index (χ3n) is 7.61. The number of ether oxygens (including phenoxy) is 1. The van der Waals surface area contributed by atoms with Crippen molar-refractivity contribution in [3.05, 3.63) is 95.6 Å². The van der Waals surface area contributed by atoms with Crippen LogP contribution in [0.5, 0.6) is 5.75 Å². The van der Waals surface area contributed by atoms with Crippen molar-refractivity contribution in [2.24, 2.45) is 5.41 Å². The van der Waals surface area contributed by atoms with Crippen molar-refractivity contribution < 1.29 is 13.9 Å². The number of likely N-dealkylation sites (tertiary alicyclic amines) is 2. The average molecular weight is 474 g/mol. The van der Waals surface area contributed by atoms with Gasteiger partial charge in [0.2, 0.25) is 5.91 Å². The van der Waals surface area contributed by atoms with E-state index in [1.165, 1.54) is 12.1 Å². The highest BCUT2D eigenvalue weighted by atomic mass is 19.1. The topological polar surface area (TPSA) is 45.7 Å². The number of hydrogen-bond donors (Lipinski definition) is 0. The van der Waals surface area contributed by atoms with Crippen LogP contribution in [0.1, 0.15) is 36.1 Å². The number of nitrogens with zero attached hydrogens (tertiary/aromatic N) is 3. The molecular formula is C29H32FN3O2. The Labute approximate surface area is 206 Å². The van der Waals surface area contributed by atoms with Gasteiger partial charge in [-0.25, -0.2) is 4.39 Å². The number of pyridine rings is 1. The molecule has 1 aromatic heterocycles. The van der Waals surface area contributed by atoms with E-state index >= 15 is 0 Å². The number of hydrogen-bond acceptors (Lipinski definition) is 4. The molecule has 2 aliphatic heterocycles. The van der Waals surface area contributed by atoms with Crippen molar-refractivity contribution in [2.45, 2.75) is 44.9 Å². The van der Waals surface area contributed by atoms with Crippen LogP contribution >= 0.6 is 0 Å². The van der Waals surface area contributed by atoms with Crippen molar-refractivity contribution in [3.63, 3.8) is 0 Å². The van der Waals surface area contributed by atoms with E-state index in [0.29, 0.717) is 6.61 Å². The minimum atomic E-state index is -0.273. The summed E-state index contributed by atoms with van der Waals surface area (Å²) >= 11 is 0. The Morgan fingerprint density at radius 1 is 1.03 bits per heavy atom. The van der Waals surface area contributed by atoms with Crippen LogP contribution in [0, 0.1) is 11.2 Å². The second-order valence-electron chi connectivity index (χ2n) is 9.88. The molecule has 0 unspecified atom stereocenters. The third-order valence-corrected chi connectivity index (χ3v) is 7.61. The number of benzene rings is 2. The summed E-state index contributed by atoms with van der Waals surface area (Å²) in [6.45, 7) is 3.02. The van der Waals surface area contributed by atoms with Gasteiger partial charge in [0.25, 0.3) is 0 Å². The quantitative estimate of drug-likeness (QED) is 0.492. The zero-order valence-electron chi connectivity index (χ0n) is 20.2. The van der Waals surface area contributed by atoms with Gasteiger partial charge in [0.1, 0.15) is 18.2 Å². The van der Waals surface area contributed by atoms with Gasteiger partial charge >= 0.3 is 0 Å². The van der Waals surface area contributed by atoms with Crippen LogP contribution in [0.3, 0.4) is 0 Å². The molecule has 2 saturated heterocycles. The van der Waals surface area contributed by atoms with Gasteiger partial charge in [-0.3, -0.25) is 14.7 Å². The number of para-hydroxylation sites is 1. The number of piperidine rings is 1. The number of carbonyl (C=O) groups excluding carboxylic acids is 1. The molecule has 2 fully saturated rings. The van der Waals surface area contributed by atoms with E-state index in [2.05, 4.69) is 16.0 Å². The molecule has 0 N–H and O–H groups in total. The zero-order chi connectivity index (χ0) is 24.3. The first-order chi connectivity index (χ1) is 17.0. The fourth-order valence-electron chi connectivity index (χ4n) is 5.53. The second-order valence-corrected chi connectivity index (χ2v) is 9.88. The second kappa shape index (κ2) is 10.2.